The molecular weight excluding hydrogens is 210 g/mol. The van der Waals surface area contributed by atoms with Gasteiger partial charge in [-0.15, -0.1) is 11.3 Å². The maximum Gasteiger partial charge on any atom is 0.228 e. The molecule has 2 rings (SSSR count). The molecule has 2 aromatic rings. The van der Waals surface area contributed by atoms with Crippen LogP contribution in [0.25, 0.3) is 5.13 Å². The molecule has 15 heavy (non-hydrogen) atoms. The Bertz CT molecular complexity index is 368. The van der Waals surface area contributed by atoms with Gasteiger partial charge >= 0.3 is 0 Å². The van der Waals surface area contributed by atoms with Crippen LogP contribution in [0.1, 0.15) is 20.8 Å². The first-order valence-corrected chi connectivity index (χ1v) is 5.83. The molecule has 0 amide bonds. The third-order valence-electron chi connectivity index (χ3n) is 1.48. The van der Waals surface area contributed by atoms with Gasteiger partial charge in [-0.05, 0) is 6.92 Å². The number of hydrogen-bond donors (Lipinski definition) is 1. The smallest absolute Gasteiger partial charge is 0.228 e. The van der Waals surface area contributed by atoms with Crippen molar-refractivity contribution in [3.05, 3.63) is 17.9 Å². The van der Waals surface area contributed by atoms with Crippen molar-refractivity contribution in [2.45, 2.75) is 20.8 Å². The van der Waals surface area contributed by atoms with Crippen LogP contribution in [0.4, 0.5) is 5.95 Å². The zero-order valence-corrected chi connectivity index (χ0v) is 9.95. The van der Waals surface area contributed by atoms with Gasteiger partial charge in [0.15, 0.2) is 0 Å². The monoisotopic (exact) mass is 225 g/mol. The lowest BCUT2D eigenvalue weighted by Gasteiger charge is -2.01. The lowest BCUT2D eigenvalue weighted by molar-refractivity contribution is 0.866. The highest BCUT2D eigenvalue weighted by Crippen LogP contribution is 2.13. The SMILES string of the molecule is CC.CCNc1ncnn1-c1nccs1. The molecule has 1 N–H and O–H groups in total. The maximum absolute atomic E-state index is 4.14. The normalized spacial score (nSPS) is 9.27. The van der Waals surface area contributed by atoms with Crippen molar-refractivity contribution in [3.63, 3.8) is 0 Å². The summed E-state index contributed by atoms with van der Waals surface area (Å²) in [5, 5.41) is 9.91. The second kappa shape index (κ2) is 6.13. The Kier molecular flexibility index (Phi) is 4.76. The quantitative estimate of drug-likeness (QED) is 0.870. The van der Waals surface area contributed by atoms with E-state index >= 15 is 0 Å². The maximum atomic E-state index is 4.14. The Hall–Kier alpha value is -1.43. The second-order valence-electron chi connectivity index (χ2n) is 2.34. The molecule has 2 aromatic heterocycles. The van der Waals surface area contributed by atoms with Gasteiger partial charge in [-0.2, -0.15) is 14.8 Å². The third kappa shape index (κ3) is 2.76. The molecule has 0 aliphatic rings. The van der Waals surface area contributed by atoms with Crippen molar-refractivity contribution < 1.29 is 0 Å². The van der Waals surface area contributed by atoms with E-state index in [9.17, 15) is 0 Å². The molecule has 0 fully saturated rings. The summed E-state index contributed by atoms with van der Waals surface area (Å²) in [5.74, 6) is 0.734. The Morgan fingerprint density at radius 1 is 1.40 bits per heavy atom. The zero-order chi connectivity index (χ0) is 11.1. The van der Waals surface area contributed by atoms with E-state index in [0.29, 0.717) is 0 Å². The Labute approximate surface area is 93.2 Å². The number of thiazole rings is 1. The predicted octanol–water partition coefficient (Wildman–Crippen LogP) is 2.18. The van der Waals surface area contributed by atoms with E-state index in [1.54, 1.807) is 10.9 Å². The molecule has 0 spiro atoms. The fourth-order valence-corrected chi connectivity index (χ4v) is 1.58. The molecule has 82 valence electrons. The molecule has 0 aliphatic heterocycles. The van der Waals surface area contributed by atoms with E-state index < -0.39 is 0 Å². The number of rotatable bonds is 3. The first-order chi connectivity index (χ1) is 7.42. The average Bonchev–Trinajstić information content (AvgIpc) is 2.90. The number of aromatic nitrogens is 4. The summed E-state index contributed by atoms with van der Waals surface area (Å²) >= 11 is 1.53. The number of nitrogens with zero attached hydrogens (tertiary/aromatic N) is 4. The van der Waals surface area contributed by atoms with Gasteiger partial charge in [0, 0.05) is 18.1 Å². The highest BCUT2D eigenvalue weighted by molar-refractivity contribution is 7.12. The summed E-state index contributed by atoms with van der Waals surface area (Å²) in [6.45, 7) is 6.84. The molecule has 0 saturated heterocycles. The molecule has 5 nitrogen and oxygen atoms in total. The summed E-state index contributed by atoms with van der Waals surface area (Å²) in [5.41, 5.74) is 0. The van der Waals surface area contributed by atoms with Crippen molar-refractivity contribution in [2.24, 2.45) is 0 Å². The van der Waals surface area contributed by atoms with Gasteiger partial charge in [0.1, 0.15) is 6.33 Å². The molecule has 0 aliphatic carbocycles. The van der Waals surface area contributed by atoms with E-state index in [2.05, 4.69) is 20.4 Å². The van der Waals surface area contributed by atoms with Crippen LogP contribution in [0.15, 0.2) is 17.9 Å². The minimum Gasteiger partial charge on any atom is -0.354 e. The molecule has 2 heterocycles. The molecule has 0 radical (unpaired) electrons. The average molecular weight is 225 g/mol. The van der Waals surface area contributed by atoms with Gasteiger partial charge in [0.05, 0.1) is 0 Å². The Balaban J connectivity index is 0.000000531. The van der Waals surface area contributed by atoms with E-state index in [1.165, 1.54) is 17.7 Å². The molecular formula is C9H15N5S. The largest absolute Gasteiger partial charge is 0.354 e. The molecule has 6 heteroatoms. The topological polar surface area (TPSA) is 55.6 Å². The summed E-state index contributed by atoms with van der Waals surface area (Å²) in [4.78, 5) is 8.21. The van der Waals surface area contributed by atoms with Crippen molar-refractivity contribution >= 4 is 17.3 Å². The van der Waals surface area contributed by atoms with Crippen LogP contribution in [0.5, 0.6) is 0 Å². The Morgan fingerprint density at radius 3 is 2.80 bits per heavy atom. The highest BCUT2D eigenvalue weighted by atomic mass is 32.1. The first-order valence-electron chi connectivity index (χ1n) is 4.95. The number of anilines is 1. The number of hydrogen-bond acceptors (Lipinski definition) is 5. The summed E-state index contributed by atoms with van der Waals surface area (Å²) in [6.07, 6.45) is 3.26. The molecule has 0 bridgehead atoms. The lowest BCUT2D eigenvalue weighted by Crippen LogP contribution is -2.06. The van der Waals surface area contributed by atoms with Crippen molar-refractivity contribution in [1.29, 1.82) is 0 Å². The van der Waals surface area contributed by atoms with E-state index in [0.717, 1.165) is 17.6 Å². The van der Waals surface area contributed by atoms with Gasteiger partial charge in [0.2, 0.25) is 11.1 Å². The van der Waals surface area contributed by atoms with Gasteiger partial charge in [0.25, 0.3) is 0 Å². The van der Waals surface area contributed by atoms with E-state index in [1.807, 2.05) is 26.2 Å². The van der Waals surface area contributed by atoms with E-state index in [-0.39, 0.29) is 0 Å². The van der Waals surface area contributed by atoms with E-state index in [4.69, 9.17) is 0 Å². The lowest BCUT2D eigenvalue weighted by atomic mass is 10.7. The van der Waals surface area contributed by atoms with Gasteiger partial charge in [-0.3, -0.25) is 0 Å². The highest BCUT2D eigenvalue weighted by Gasteiger charge is 2.06. The number of nitrogens with one attached hydrogen (secondary N) is 1. The van der Waals surface area contributed by atoms with Crippen LogP contribution in [0.3, 0.4) is 0 Å². The fourth-order valence-electron chi connectivity index (χ4n) is 0.981. The second-order valence-corrected chi connectivity index (χ2v) is 3.21. The first kappa shape index (κ1) is 11.6. The standard InChI is InChI=1S/C7H9N5S.C2H6/c1-2-8-6-10-5-11-12(6)7-9-3-4-13-7;1-2/h3-5H,2H2,1H3,(H,8,10,11);1-2H3. The van der Waals surface area contributed by atoms with Crippen molar-refractivity contribution in [2.75, 3.05) is 11.9 Å². The third-order valence-corrected chi connectivity index (χ3v) is 2.23. The molecule has 0 atom stereocenters. The van der Waals surface area contributed by atoms with Gasteiger partial charge in [-0.25, -0.2) is 4.98 Å². The van der Waals surface area contributed by atoms with Gasteiger partial charge < -0.3 is 5.32 Å². The van der Waals surface area contributed by atoms with Gasteiger partial charge in [-0.1, -0.05) is 13.8 Å². The van der Waals surface area contributed by atoms with Crippen LogP contribution in [0, 0.1) is 0 Å². The zero-order valence-electron chi connectivity index (χ0n) is 9.14. The Morgan fingerprint density at radius 2 is 2.20 bits per heavy atom. The summed E-state index contributed by atoms with van der Waals surface area (Å²) < 4.78 is 1.69. The predicted molar refractivity (Wildman–Crippen MR) is 62.5 cm³/mol. The molecule has 0 unspecified atom stereocenters. The fraction of sp³-hybridized carbons (Fsp3) is 0.444. The van der Waals surface area contributed by atoms with Crippen LogP contribution < -0.4 is 5.32 Å². The van der Waals surface area contributed by atoms with Crippen LogP contribution in [-0.4, -0.2) is 26.3 Å². The summed E-state index contributed by atoms with van der Waals surface area (Å²) in [7, 11) is 0. The van der Waals surface area contributed by atoms with Crippen LogP contribution in [-0.2, 0) is 0 Å². The summed E-state index contributed by atoms with van der Waals surface area (Å²) in [6, 6.07) is 0. The van der Waals surface area contributed by atoms with Crippen molar-refractivity contribution in [3.8, 4) is 5.13 Å². The minimum atomic E-state index is 0.734. The molecule has 0 saturated carbocycles. The molecule has 0 aromatic carbocycles. The van der Waals surface area contributed by atoms with Crippen LogP contribution in [0.2, 0.25) is 0 Å². The minimum absolute atomic E-state index is 0.734. The van der Waals surface area contributed by atoms with Crippen LogP contribution >= 0.6 is 11.3 Å². The van der Waals surface area contributed by atoms with Crippen molar-refractivity contribution in [1.82, 2.24) is 19.7 Å².